The van der Waals surface area contributed by atoms with Crippen molar-refractivity contribution in [2.24, 2.45) is 0 Å². The summed E-state index contributed by atoms with van der Waals surface area (Å²) in [5.74, 6) is 0.424. The van der Waals surface area contributed by atoms with Gasteiger partial charge < -0.3 is 14.4 Å². The molecular weight excluding hydrogens is 242 g/mol. The summed E-state index contributed by atoms with van der Waals surface area (Å²) in [6, 6.07) is 0. The quantitative estimate of drug-likeness (QED) is 0.559. The number of morpholine rings is 1. The van der Waals surface area contributed by atoms with E-state index in [1.165, 1.54) is 0 Å². The van der Waals surface area contributed by atoms with Crippen LogP contribution in [-0.2, 0) is 14.3 Å². The molecule has 1 atom stereocenters. The molecule has 1 rings (SSSR count). The lowest BCUT2D eigenvalue weighted by molar-refractivity contribution is -0.161. The van der Waals surface area contributed by atoms with Crippen LogP contribution in [0.5, 0.6) is 0 Å². The van der Waals surface area contributed by atoms with Gasteiger partial charge in [-0.15, -0.1) is 11.6 Å². The van der Waals surface area contributed by atoms with Gasteiger partial charge in [0.05, 0.1) is 17.6 Å². The van der Waals surface area contributed by atoms with Gasteiger partial charge in [-0.05, 0) is 20.3 Å². The van der Waals surface area contributed by atoms with E-state index in [1.807, 2.05) is 20.8 Å². The highest BCUT2D eigenvalue weighted by Gasteiger charge is 2.34. The first-order chi connectivity index (χ1) is 7.98. The first kappa shape index (κ1) is 14.7. The van der Waals surface area contributed by atoms with Crippen molar-refractivity contribution in [1.29, 1.82) is 0 Å². The van der Waals surface area contributed by atoms with Crippen LogP contribution < -0.4 is 0 Å². The monoisotopic (exact) mass is 263 g/mol. The zero-order chi connectivity index (χ0) is 12.9. The zero-order valence-electron chi connectivity index (χ0n) is 10.9. The van der Waals surface area contributed by atoms with Crippen molar-refractivity contribution in [1.82, 2.24) is 4.90 Å². The summed E-state index contributed by atoms with van der Waals surface area (Å²) in [5, 5.41) is 0. The van der Waals surface area contributed by atoms with E-state index in [0.717, 1.165) is 6.42 Å². The lowest BCUT2D eigenvalue weighted by Gasteiger charge is -2.42. The van der Waals surface area contributed by atoms with E-state index in [9.17, 15) is 4.79 Å². The first-order valence-corrected chi connectivity index (χ1v) is 6.61. The van der Waals surface area contributed by atoms with Crippen LogP contribution in [0.25, 0.3) is 0 Å². The highest BCUT2D eigenvalue weighted by Crippen LogP contribution is 2.21. The summed E-state index contributed by atoms with van der Waals surface area (Å²) < 4.78 is 11.0. The van der Waals surface area contributed by atoms with Crippen LogP contribution in [0.15, 0.2) is 0 Å². The van der Waals surface area contributed by atoms with Crippen molar-refractivity contribution in [3.8, 4) is 0 Å². The molecule has 1 amide bonds. The number of ether oxygens (including phenoxy) is 2. The molecule has 0 aliphatic carbocycles. The van der Waals surface area contributed by atoms with E-state index in [-0.39, 0.29) is 24.2 Å². The number of rotatable bonds is 5. The van der Waals surface area contributed by atoms with Crippen molar-refractivity contribution in [3.05, 3.63) is 0 Å². The van der Waals surface area contributed by atoms with Crippen LogP contribution in [0.3, 0.4) is 0 Å². The van der Waals surface area contributed by atoms with Gasteiger partial charge in [-0.2, -0.15) is 0 Å². The maximum absolute atomic E-state index is 11.9. The van der Waals surface area contributed by atoms with Crippen LogP contribution in [0.1, 0.15) is 27.2 Å². The van der Waals surface area contributed by atoms with Gasteiger partial charge in [0, 0.05) is 19.7 Å². The standard InChI is InChI=1S/C12H22ClNO3/c1-4-5-16-8-11(15)14-7-10(6-13)17-12(2,3)9-14/h10H,4-9H2,1-3H3. The lowest BCUT2D eigenvalue weighted by atomic mass is 10.1. The molecule has 4 nitrogen and oxygen atoms in total. The average Bonchev–Trinajstić information content (AvgIpc) is 2.27. The molecule has 1 saturated heterocycles. The lowest BCUT2D eigenvalue weighted by Crippen LogP contribution is -2.55. The first-order valence-electron chi connectivity index (χ1n) is 6.08. The minimum atomic E-state index is -0.335. The third kappa shape index (κ3) is 4.82. The Morgan fingerprint density at radius 2 is 2.29 bits per heavy atom. The van der Waals surface area contributed by atoms with E-state index in [1.54, 1.807) is 4.90 Å². The van der Waals surface area contributed by atoms with Crippen LogP contribution in [-0.4, -0.2) is 54.7 Å². The molecule has 17 heavy (non-hydrogen) atoms. The summed E-state index contributed by atoms with van der Waals surface area (Å²) >= 11 is 5.81. The fourth-order valence-electron chi connectivity index (χ4n) is 1.96. The van der Waals surface area contributed by atoms with Gasteiger partial charge in [-0.1, -0.05) is 6.92 Å². The molecule has 0 aromatic carbocycles. The molecule has 1 aliphatic heterocycles. The Morgan fingerprint density at radius 1 is 1.59 bits per heavy atom. The van der Waals surface area contributed by atoms with Gasteiger partial charge in [0.15, 0.2) is 0 Å². The van der Waals surface area contributed by atoms with Crippen LogP contribution >= 0.6 is 11.6 Å². The fraction of sp³-hybridized carbons (Fsp3) is 0.917. The Hall–Kier alpha value is -0.320. The second kappa shape index (κ2) is 6.57. The van der Waals surface area contributed by atoms with Gasteiger partial charge in [0.1, 0.15) is 6.61 Å². The van der Waals surface area contributed by atoms with Crippen molar-refractivity contribution in [2.45, 2.75) is 38.9 Å². The maximum Gasteiger partial charge on any atom is 0.248 e. The number of halogens is 1. The molecular formula is C12H22ClNO3. The van der Waals surface area contributed by atoms with Gasteiger partial charge in [0.25, 0.3) is 0 Å². The summed E-state index contributed by atoms with van der Waals surface area (Å²) in [4.78, 5) is 13.7. The van der Waals surface area contributed by atoms with E-state index >= 15 is 0 Å². The van der Waals surface area contributed by atoms with Gasteiger partial charge in [-0.3, -0.25) is 4.79 Å². The second-order valence-corrected chi connectivity index (χ2v) is 5.29. The zero-order valence-corrected chi connectivity index (χ0v) is 11.6. The molecule has 100 valence electrons. The molecule has 0 spiro atoms. The smallest absolute Gasteiger partial charge is 0.248 e. The molecule has 0 aromatic rings. The average molecular weight is 264 g/mol. The summed E-state index contributed by atoms with van der Waals surface area (Å²) in [5.41, 5.74) is -0.335. The summed E-state index contributed by atoms with van der Waals surface area (Å²) in [6.07, 6.45) is 0.835. The van der Waals surface area contributed by atoms with Gasteiger partial charge in [-0.25, -0.2) is 0 Å². The normalized spacial score (nSPS) is 23.8. The number of carbonyl (C=O) groups is 1. The largest absolute Gasteiger partial charge is 0.372 e. The Labute approximate surface area is 108 Å². The van der Waals surface area contributed by atoms with E-state index in [2.05, 4.69) is 0 Å². The third-order valence-corrected chi connectivity index (χ3v) is 2.92. The number of hydrogen-bond donors (Lipinski definition) is 0. The Kier molecular flexibility index (Phi) is 5.70. The van der Waals surface area contributed by atoms with Crippen molar-refractivity contribution in [3.63, 3.8) is 0 Å². The Bertz CT molecular complexity index is 258. The molecule has 1 aliphatic rings. The predicted octanol–water partition coefficient (Wildman–Crippen LogP) is 1.66. The Balaban J connectivity index is 2.48. The van der Waals surface area contributed by atoms with E-state index in [0.29, 0.717) is 25.6 Å². The molecule has 0 aromatic heterocycles. The van der Waals surface area contributed by atoms with Crippen molar-refractivity contribution >= 4 is 17.5 Å². The minimum absolute atomic E-state index is 0.0185. The van der Waals surface area contributed by atoms with Crippen molar-refractivity contribution < 1.29 is 14.3 Å². The number of hydrogen-bond acceptors (Lipinski definition) is 3. The summed E-state index contributed by atoms with van der Waals surface area (Å²) in [6.45, 7) is 7.89. The molecule has 0 N–H and O–H groups in total. The van der Waals surface area contributed by atoms with Gasteiger partial charge in [0.2, 0.25) is 5.91 Å². The fourth-order valence-corrected chi connectivity index (χ4v) is 2.12. The highest BCUT2D eigenvalue weighted by atomic mass is 35.5. The van der Waals surface area contributed by atoms with Crippen molar-refractivity contribution in [2.75, 3.05) is 32.2 Å². The molecule has 0 radical (unpaired) electrons. The van der Waals surface area contributed by atoms with E-state index < -0.39 is 0 Å². The SMILES string of the molecule is CCCOCC(=O)N1CC(CCl)OC(C)(C)C1. The predicted molar refractivity (Wildman–Crippen MR) is 67.4 cm³/mol. The topological polar surface area (TPSA) is 38.8 Å². The maximum atomic E-state index is 11.9. The van der Waals surface area contributed by atoms with Crippen LogP contribution in [0, 0.1) is 0 Å². The number of carbonyl (C=O) groups excluding carboxylic acids is 1. The number of amides is 1. The van der Waals surface area contributed by atoms with Gasteiger partial charge >= 0.3 is 0 Å². The number of alkyl halides is 1. The molecule has 0 saturated carbocycles. The van der Waals surface area contributed by atoms with Crippen LogP contribution in [0.4, 0.5) is 0 Å². The molecule has 1 heterocycles. The third-order valence-electron chi connectivity index (χ3n) is 2.58. The highest BCUT2D eigenvalue weighted by molar-refractivity contribution is 6.18. The molecule has 5 heteroatoms. The minimum Gasteiger partial charge on any atom is -0.372 e. The molecule has 1 unspecified atom stereocenters. The van der Waals surface area contributed by atoms with E-state index in [4.69, 9.17) is 21.1 Å². The molecule has 1 fully saturated rings. The number of nitrogens with zero attached hydrogens (tertiary/aromatic N) is 1. The second-order valence-electron chi connectivity index (χ2n) is 4.98. The molecule has 0 bridgehead atoms. The van der Waals surface area contributed by atoms with Crippen LogP contribution in [0.2, 0.25) is 0 Å². The summed E-state index contributed by atoms with van der Waals surface area (Å²) in [7, 11) is 0. The Morgan fingerprint density at radius 3 is 2.88 bits per heavy atom.